The van der Waals surface area contributed by atoms with E-state index in [9.17, 15) is 4.79 Å². The molecule has 150 valence electrons. The third-order valence-electron chi connectivity index (χ3n) is 5.54. The summed E-state index contributed by atoms with van der Waals surface area (Å²) in [5.74, 6) is 1.89. The summed E-state index contributed by atoms with van der Waals surface area (Å²) in [5.41, 5.74) is 9.48. The van der Waals surface area contributed by atoms with Gasteiger partial charge in [0.25, 0.3) is 0 Å². The normalized spacial score (nSPS) is 21.5. The van der Waals surface area contributed by atoms with Crippen LogP contribution < -0.4 is 20.9 Å². The Morgan fingerprint density at radius 3 is 2.57 bits per heavy atom. The number of amides is 1. The first-order chi connectivity index (χ1) is 13.5. The van der Waals surface area contributed by atoms with Gasteiger partial charge in [-0.3, -0.25) is 15.6 Å². The number of carbonyl (C=O) groups excluding carboxylic acids is 1. The fourth-order valence-electron chi connectivity index (χ4n) is 3.46. The number of carbonyl (C=O) groups is 1. The largest absolute Gasteiger partial charge is 0.438 e. The molecule has 2 heterocycles. The average Bonchev–Trinajstić information content (AvgIpc) is 3.00. The maximum atomic E-state index is 12.3. The zero-order valence-electron chi connectivity index (χ0n) is 17.1. The van der Waals surface area contributed by atoms with E-state index in [1.54, 1.807) is 6.20 Å². The molecule has 3 rings (SSSR count). The Labute approximate surface area is 167 Å². The zero-order valence-corrected chi connectivity index (χ0v) is 17.1. The highest BCUT2D eigenvalue weighted by atomic mass is 16.5. The van der Waals surface area contributed by atoms with E-state index >= 15 is 0 Å². The number of nitrogens with zero attached hydrogens (tertiary/aromatic N) is 1. The summed E-state index contributed by atoms with van der Waals surface area (Å²) in [6.45, 7) is 8.78. The van der Waals surface area contributed by atoms with Crippen LogP contribution in [0.15, 0.2) is 36.5 Å². The van der Waals surface area contributed by atoms with Gasteiger partial charge in [0.2, 0.25) is 11.8 Å². The van der Waals surface area contributed by atoms with E-state index in [0.29, 0.717) is 36.8 Å². The van der Waals surface area contributed by atoms with Gasteiger partial charge in [-0.25, -0.2) is 4.98 Å². The van der Waals surface area contributed by atoms with Crippen molar-refractivity contribution in [2.24, 2.45) is 5.92 Å². The Hall–Kier alpha value is -2.44. The molecule has 6 nitrogen and oxygen atoms in total. The van der Waals surface area contributed by atoms with E-state index in [2.05, 4.69) is 35.0 Å². The van der Waals surface area contributed by atoms with Gasteiger partial charge < -0.3 is 10.1 Å². The van der Waals surface area contributed by atoms with E-state index in [-0.39, 0.29) is 5.91 Å². The molecule has 0 saturated carbocycles. The van der Waals surface area contributed by atoms with Gasteiger partial charge in [0.05, 0.1) is 0 Å². The molecular formula is C22H30N4O2. The topological polar surface area (TPSA) is 75.3 Å². The van der Waals surface area contributed by atoms with Crippen molar-refractivity contribution in [3.05, 3.63) is 53.2 Å². The van der Waals surface area contributed by atoms with Crippen molar-refractivity contribution in [2.45, 2.75) is 59.2 Å². The molecule has 3 N–H and O–H groups in total. The van der Waals surface area contributed by atoms with Crippen molar-refractivity contribution in [1.82, 2.24) is 21.2 Å². The van der Waals surface area contributed by atoms with Gasteiger partial charge in [0.1, 0.15) is 5.75 Å². The van der Waals surface area contributed by atoms with E-state index in [1.165, 1.54) is 0 Å². The van der Waals surface area contributed by atoms with Gasteiger partial charge in [0.15, 0.2) is 0 Å². The minimum atomic E-state index is 0.0374. The van der Waals surface area contributed by atoms with Crippen LogP contribution in [-0.2, 0) is 11.3 Å². The molecule has 0 spiro atoms. The number of ether oxygens (including phenoxy) is 1. The molecule has 1 aliphatic rings. The summed E-state index contributed by atoms with van der Waals surface area (Å²) in [6.07, 6.45) is 3.00. The quantitative estimate of drug-likeness (QED) is 0.684. The van der Waals surface area contributed by atoms with Crippen LogP contribution in [0.5, 0.6) is 11.6 Å². The minimum absolute atomic E-state index is 0.0374. The highest BCUT2D eigenvalue weighted by Gasteiger charge is 2.29. The van der Waals surface area contributed by atoms with Crippen LogP contribution in [0.1, 0.15) is 43.4 Å². The SMILES string of the molecule is Cc1cccc(C)c1Oc1ncccc1CNC(=O)CCC1NNC(C)C1C. The average molecular weight is 383 g/mol. The number of nitrogens with one attached hydrogen (secondary N) is 3. The Morgan fingerprint density at radius 2 is 1.89 bits per heavy atom. The summed E-state index contributed by atoms with van der Waals surface area (Å²) < 4.78 is 6.09. The van der Waals surface area contributed by atoms with Crippen molar-refractivity contribution < 1.29 is 9.53 Å². The Morgan fingerprint density at radius 1 is 1.14 bits per heavy atom. The van der Waals surface area contributed by atoms with Crippen LogP contribution in [0.4, 0.5) is 0 Å². The zero-order chi connectivity index (χ0) is 20.1. The number of hydrogen-bond donors (Lipinski definition) is 3. The third kappa shape index (κ3) is 4.88. The third-order valence-corrected chi connectivity index (χ3v) is 5.54. The predicted molar refractivity (Wildman–Crippen MR) is 110 cm³/mol. The van der Waals surface area contributed by atoms with Crippen molar-refractivity contribution in [1.29, 1.82) is 0 Å². The number of rotatable bonds is 7. The van der Waals surface area contributed by atoms with Gasteiger partial charge >= 0.3 is 0 Å². The number of benzene rings is 1. The monoisotopic (exact) mass is 382 g/mol. The molecule has 28 heavy (non-hydrogen) atoms. The lowest BCUT2D eigenvalue weighted by Gasteiger charge is -2.16. The second-order valence-corrected chi connectivity index (χ2v) is 7.65. The number of aromatic nitrogens is 1. The van der Waals surface area contributed by atoms with Crippen molar-refractivity contribution >= 4 is 5.91 Å². The molecule has 0 aliphatic carbocycles. The van der Waals surface area contributed by atoms with E-state index in [1.807, 2.05) is 44.2 Å². The molecular weight excluding hydrogens is 352 g/mol. The first-order valence-electron chi connectivity index (χ1n) is 9.91. The van der Waals surface area contributed by atoms with E-state index in [4.69, 9.17) is 4.74 Å². The highest BCUT2D eigenvalue weighted by molar-refractivity contribution is 5.76. The maximum absolute atomic E-state index is 12.3. The molecule has 1 amide bonds. The molecule has 1 aromatic heterocycles. The summed E-state index contributed by atoms with van der Waals surface area (Å²) in [7, 11) is 0. The molecule has 3 unspecified atom stereocenters. The molecule has 0 bridgehead atoms. The Balaban J connectivity index is 1.57. The fourth-order valence-corrected chi connectivity index (χ4v) is 3.46. The van der Waals surface area contributed by atoms with Crippen molar-refractivity contribution in [3.8, 4) is 11.6 Å². The number of aryl methyl sites for hydroxylation is 2. The lowest BCUT2D eigenvalue weighted by molar-refractivity contribution is -0.121. The second kappa shape index (κ2) is 9.17. The van der Waals surface area contributed by atoms with Gasteiger partial charge in [0, 0.05) is 36.8 Å². The Bertz CT molecular complexity index is 804. The van der Waals surface area contributed by atoms with Crippen molar-refractivity contribution in [2.75, 3.05) is 0 Å². The summed E-state index contributed by atoms with van der Waals surface area (Å²) in [5, 5.41) is 3.00. The van der Waals surface area contributed by atoms with E-state index in [0.717, 1.165) is 28.9 Å². The molecule has 1 saturated heterocycles. The molecule has 3 atom stereocenters. The highest BCUT2D eigenvalue weighted by Crippen LogP contribution is 2.29. The number of para-hydroxylation sites is 1. The number of pyridine rings is 1. The van der Waals surface area contributed by atoms with Gasteiger partial charge in [-0.1, -0.05) is 31.2 Å². The fraction of sp³-hybridized carbons (Fsp3) is 0.455. The smallest absolute Gasteiger partial charge is 0.224 e. The number of hydrazine groups is 1. The van der Waals surface area contributed by atoms with Crippen molar-refractivity contribution in [3.63, 3.8) is 0 Å². The van der Waals surface area contributed by atoms with E-state index < -0.39 is 0 Å². The van der Waals surface area contributed by atoms with Crippen LogP contribution >= 0.6 is 0 Å². The first kappa shape index (κ1) is 20.3. The van der Waals surface area contributed by atoms with Crippen LogP contribution in [0.2, 0.25) is 0 Å². The maximum Gasteiger partial charge on any atom is 0.224 e. The molecule has 1 fully saturated rings. The standard InChI is InChI=1S/C22H30N4O2/c1-14-7-5-8-15(2)21(14)28-22-18(9-6-12-23-22)13-24-20(27)11-10-19-16(3)17(4)25-26-19/h5-9,12,16-17,19,25-26H,10-11,13H2,1-4H3,(H,24,27). The summed E-state index contributed by atoms with van der Waals surface area (Å²) in [6, 6.07) is 10.6. The lowest BCUT2D eigenvalue weighted by Crippen LogP contribution is -2.33. The number of hydrogen-bond acceptors (Lipinski definition) is 5. The molecule has 1 aliphatic heterocycles. The lowest BCUT2D eigenvalue weighted by atomic mass is 9.94. The van der Waals surface area contributed by atoms with Crippen LogP contribution in [0.3, 0.4) is 0 Å². The molecule has 1 aromatic carbocycles. The van der Waals surface area contributed by atoms with Crippen LogP contribution in [0, 0.1) is 19.8 Å². The molecule has 2 aromatic rings. The minimum Gasteiger partial charge on any atom is -0.438 e. The van der Waals surface area contributed by atoms with Gasteiger partial charge in [-0.05, 0) is 50.3 Å². The second-order valence-electron chi connectivity index (χ2n) is 7.65. The summed E-state index contributed by atoms with van der Waals surface area (Å²) in [4.78, 5) is 16.7. The summed E-state index contributed by atoms with van der Waals surface area (Å²) >= 11 is 0. The van der Waals surface area contributed by atoms with Gasteiger partial charge in [-0.2, -0.15) is 0 Å². The predicted octanol–water partition coefficient (Wildman–Crippen LogP) is 3.39. The molecule has 6 heteroatoms. The van der Waals surface area contributed by atoms with Crippen LogP contribution in [-0.4, -0.2) is 23.0 Å². The van der Waals surface area contributed by atoms with Gasteiger partial charge in [-0.15, -0.1) is 0 Å². The Kier molecular flexibility index (Phi) is 6.65. The first-order valence-corrected chi connectivity index (χ1v) is 9.91. The molecule has 0 radical (unpaired) electrons. The van der Waals surface area contributed by atoms with Crippen LogP contribution in [0.25, 0.3) is 0 Å².